The Bertz CT molecular complexity index is 528. The number of benzene rings is 1. The fraction of sp³-hybridized carbons (Fsp3) is 0.467. The first kappa shape index (κ1) is 15.2. The fourth-order valence-corrected chi connectivity index (χ4v) is 2.01. The Labute approximate surface area is 124 Å². The van der Waals surface area contributed by atoms with Crippen LogP contribution in [0.15, 0.2) is 24.3 Å². The smallest absolute Gasteiger partial charge is 0.410 e. The highest BCUT2D eigenvalue weighted by Gasteiger charge is 2.33. The van der Waals surface area contributed by atoms with E-state index in [1.807, 2.05) is 20.8 Å². The Morgan fingerprint density at radius 2 is 1.81 bits per heavy atom. The SMILES string of the molecule is CC(C)(C)OC(=O)N1CC(Nc2ccc(C(N)=O)cc2)C1. The van der Waals surface area contributed by atoms with Gasteiger partial charge in [-0.2, -0.15) is 0 Å². The summed E-state index contributed by atoms with van der Waals surface area (Å²) < 4.78 is 5.29. The molecule has 1 aliphatic rings. The highest BCUT2D eigenvalue weighted by molar-refractivity contribution is 5.93. The van der Waals surface area contributed by atoms with Gasteiger partial charge in [-0.1, -0.05) is 0 Å². The number of likely N-dealkylation sites (tertiary alicyclic amines) is 1. The summed E-state index contributed by atoms with van der Waals surface area (Å²) in [6.07, 6.45) is -0.287. The highest BCUT2D eigenvalue weighted by atomic mass is 16.6. The summed E-state index contributed by atoms with van der Waals surface area (Å²) in [6, 6.07) is 7.15. The lowest BCUT2D eigenvalue weighted by Gasteiger charge is -2.40. The number of primary amides is 1. The van der Waals surface area contributed by atoms with E-state index in [2.05, 4.69) is 5.32 Å². The van der Waals surface area contributed by atoms with E-state index in [0.717, 1.165) is 5.69 Å². The van der Waals surface area contributed by atoms with Gasteiger partial charge in [-0.25, -0.2) is 4.79 Å². The normalized spacial score (nSPS) is 15.3. The molecule has 6 nitrogen and oxygen atoms in total. The van der Waals surface area contributed by atoms with Gasteiger partial charge in [0.25, 0.3) is 0 Å². The minimum Gasteiger partial charge on any atom is -0.444 e. The molecule has 1 fully saturated rings. The topological polar surface area (TPSA) is 84.7 Å². The molecule has 0 aromatic heterocycles. The van der Waals surface area contributed by atoms with Crippen LogP contribution in [-0.2, 0) is 4.74 Å². The summed E-state index contributed by atoms with van der Waals surface area (Å²) >= 11 is 0. The van der Waals surface area contributed by atoms with Crippen LogP contribution in [0, 0.1) is 0 Å². The average molecular weight is 291 g/mol. The summed E-state index contributed by atoms with van der Waals surface area (Å²) in [5, 5.41) is 3.29. The van der Waals surface area contributed by atoms with Gasteiger partial charge in [0.15, 0.2) is 0 Å². The lowest BCUT2D eigenvalue weighted by molar-refractivity contribution is 0.0105. The molecule has 0 aliphatic carbocycles. The number of amides is 2. The van der Waals surface area contributed by atoms with Gasteiger partial charge in [-0.3, -0.25) is 4.79 Å². The van der Waals surface area contributed by atoms with E-state index in [-0.39, 0.29) is 12.1 Å². The van der Waals surface area contributed by atoms with Crippen molar-refractivity contribution in [2.24, 2.45) is 5.73 Å². The Balaban J connectivity index is 1.80. The van der Waals surface area contributed by atoms with Gasteiger partial charge in [0.05, 0.1) is 6.04 Å². The molecule has 2 rings (SSSR count). The zero-order valence-corrected chi connectivity index (χ0v) is 12.6. The zero-order valence-electron chi connectivity index (χ0n) is 12.6. The van der Waals surface area contributed by atoms with Crippen LogP contribution in [0.2, 0.25) is 0 Å². The fourth-order valence-electron chi connectivity index (χ4n) is 2.01. The second-order valence-corrected chi connectivity index (χ2v) is 6.17. The van der Waals surface area contributed by atoms with Crippen molar-refractivity contribution in [3.05, 3.63) is 29.8 Å². The van der Waals surface area contributed by atoms with Gasteiger partial charge in [0.1, 0.15) is 5.60 Å². The molecule has 1 aromatic rings. The molecule has 1 aromatic carbocycles. The molecule has 3 N–H and O–H groups in total. The molecule has 21 heavy (non-hydrogen) atoms. The first-order chi connectivity index (χ1) is 9.74. The second kappa shape index (κ2) is 5.63. The molecular weight excluding hydrogens is 270 g/mol. The number of nitrogens with one attached hydrogen (secondary N) is 1. The van der Waals surface area contributed by atoms with Crippen molar-refractivity contribution < 1.29 is 14.3 Å². The van der Waals surface area contributed by atoms with Crippen LogP contribution < -0.4 is 11.1 Å². The molecule has 0 bridgehead atoms. The van der Waals surface area contributed by atoms with E-state index < -0.39 is 11.5 Å². The molecule has 0 spiro atoms. The van der Waals surface area contributed by atoms with Crippen molar-refractivity contribution >= 4 is 17.7 Å². The Morgan fingerprint density at radius 3 is 2.29 bits per heavy atom. The van der Waals surface area contributed by atoms with Gasteiger partial charge < -0.3 is 20.7 Å². The zero-order chi connectivity index (χ0) is 15.6. The van der Waals surface area contributed by atoms with E-state index in [0.29, 0.717) is 18.7 Å². The third kappa shape index (κ3) is 4.11. The van der Waals surface area contributed by atoms with E-state index in [1.54, 1.807) is 29.2 Å². The van der Waals surface area contributed by atoms with Crippen molar-refractivity contribution in [3.8, 4) is 0 Å². The number of nitrogens with zero attached hydrogens (tertiary/aromatic N) is 1. The molecule has 0 unspecified atom stereocenters. The summed E-state index contributed by atoms with van der Waals surface area (Å²) in [4.78, 5) is 24.4. The first-order valence-corrected chi connectivity index (χ1v) is 6.89. The Kier molecular flexibility index (Phi) is 4.06. The van der Waals surface area contributed by atoms with Gasteiger partial charge in [0, 0.05) is 24.3 Å². The van der Waals surface area contributed by atoms with Crippen LogP contribution in [0.25, 0.3) is 0 Å². The summed E-state index contributed by atoms with van der Waals surface area (Å²) in [7, 11) is 0. The first-order valence-electron chi connectivity index (χ1n) is 6.89. The molecule has 1 aliphatic heterocycles. The second-order valence-electron chi connectivity index (χ2n) is 6.17. The van der Waals surface area contributed by atoms with Gasteiger partial charge in [-0.15, -0.1) is 0 Å². The molecule has 2 amide bonds. The summed E-state index contributed by atoms with van der Waals surface area (Å²) in [6.45, 7) is 6.75. The number of nitrogens with two attached hydrogens (primary N) is 1. The van der Waals surface area contributed by atoms with Crippen LogP contribution in [-0.4, -0.2) is 41.6 Å². The number of ether oxygens (including phenoxy) is 1. The largest absolute Gasteiger partial charge is 0.444 e. The third-order valence-electron chi connectivity index (χ3n) is 3.07. The average Bonchev–Trinajstić information content (AvgIpc) is 2.31. The van der Waals surface area contributed by atoms with Crippen molar-refractivity contribution in [1.29, 1.82) is 0 Å². The van der Waals surface area contributed by atoms with Gasteiger partial charge in [-0.05, 0) is 45.0 Å². The minimum absolute atomic E-state index is 0.192. The summed E-state index contributed by atoms with van der Waals surface area (Å²) in [5.74, 6) is -0.443. The molecule has 6 heteroatoms. The molecule has 0 atom stereocenters. The molecule has 0 radical (unpaired) electrons. The Hall–Kier alpha value is -2.24. The van der Waals surface area contributed by atoms with E-state index in [9.17, 15) is 9.59 Å². The van der Waals surface area contributed by atoms with Gasteiger partial charge >= 0.3 is 6.09 Å². The van der Waals surface area contributed by atoms with Gasteiger partial charge in [0.2, 0.25) is 5.91 Å². The van der Waals surface area contributed by atoms with Crippen LogP contribution >= 0.6 is 0 Å². The predicted octanol–water partition coefficient (Wildman–Crippen LogP) is 1.82. The monoisotopic (exact) mass is 291 g/mol. The van der Waals surface area contributed by atoms with Crippen LogP contribution in [0.4, 0.5) is 10.5 Å². The lowest BCUT2D eigenvalue weighted by atomic mass is 10.1. The maximum Gasteiger partial charge on any atom is 0.410 e. The van der Waals surface area contributed by atoms with Crippen LogP contribution in [0.3, 0.4) is 0 Å². The van der Waals surface area contributed by atoms with Crippen molar-refractivity contribution in [3.63, 3.8) is 0 Å². The number of hydrogen-bond donors (Lipinski definition) is 2. The van der Waals surface area contributed by atoms with E-state index >= 15 is 0 Å². The standard InChI is InChI=1S/C15H21N3O3/c1-15(2,3)21-14(20)18-8-12(9-18)17-11-6-4-10(5-7-11)13(16)19/h4-7,12,17H,8-9H2,1-3H3,(H2,16,19). The molecule has 1 heterocycles. The van der Waals surface area contributed by atoms with Crippen LogP contribution in [0.1, 0.15) is 31.1 Å². The van der Waals surface area contributed by atoms with Crippen molar-refractivity contribution in [2.75, 3.05) is 18.4 Å². The molecule has 0 saturated carbocycles. The maximum atomic E-state index is 11.8. The molecule has 114 valence electrons. The molecular formula is C15H21N3O3. The maximum absolute atomic E-state index is 11.8. The summed E-state index contributed by atoms with van der Waals surface area (Å²) in [5.41, 5.74) is 6.09. The molecule has 1 saturated heterocycles. The van der Waals surface area contributed by atoms with E-state index in [1.165, 1.54) is 0 Å². The number of anilines is 1. The number of carbonyl (C=O) groups excluding carboxylic acids is 2. The Morgan fingerprint density at radius 1 is 1.24 bits per heavy atom. The van der Waals surface area contributed by atoms with E-state index in [4.69, 9.17) is 10.5 Å². The minimum atomic E-state index is -0.472. The van der Waals surface area contributed by atoms with Crippen molar-refractivity contribution in [2.45, 2.75) is 32.4 Å². The van der Waals surface area contributed by atoms with Crippen molar-refractivity contribution in [1.82, 2.24) is 4.90 Å². The number of hydrogen-bond acceptors (Lipinski definition) is 4. The number of rotatable bonds is 3. The van der Waals surface area contributed by atoms with Crippen LogP contribution in [0.5, 0.6) is 0 Å². The number of carbonyl (C=O) groups is 2. The quantitative estimate of drug-likeness (QED) is 0.889. The predicted molar refractivity (Wildman–Crippen MR) is 80.2 cm³/mol. The lowest BCUT2D eigenvalue weighted by Crippen LogP contribution is -2.57. The highest BCUT2D eigenvalue weighted by Crippen LogP contribution is 2.19. The third-order valence-corrected chi connectivity index (χ3v) is 3.07.